The van der Waals surface area contributed by atoms with Gasteiger partial charge in [-0.3, -0.25) is 14.3 Å². The van der Waals surface area contributed by atoms with Gasteiger partial charge in [-0.2, -0.15) is 0 Å². The lowest BCUT2D eigenvalue weighted by atomic mass is 10.2. The lowest BCUT2D eigenvalue weighted by molar-refractivity contribution is -0.118. The molecule has 3 aromatic rings. The fraction of sp³-hybridized carbons (Fsp3) is 0.348. The molecule has 1 N–H and O–H groups in total. The topological polar surface area (TPSA) is 72.3 Å². The second-order valence-electron chi connectivity index (χ2n) is 7.47. The first-order valence-corrected chi connectivity index (χ1v) is 11.5. The molecule has 0 saturated carbocycles. The summed E-state index contributed by atoms with van der Waals surface area (Å²) in [4.78, 5) is 14.9. The van der Waals surface area contributed by atoms with Gasteiger partial charge < -0.3 is 10.1 Å². The highest BCUT2D eigenvalue weighted by Gasteiger charge is 2.20. The smallest absolute Gasteiger partial charge is 0.230 e. The monoisotopic (exact) mass is 437 g/mol. The zero-order valence-electron chi connectivity index (χ0n) is 17.7. The summed E-state index contributed by atoms with van der Waals surface area (Å²) in [7, 11) is 1.63. The van der Waals surface area contributed by atoms with Crippen molar-refractivity contribution in [1.82, 2.24) is 25.0 Å². The summed E-state index contributed by atoms with van der Waals surface area (Å²) in [5, 5.41) is 12.5. The molecule has 1 aliphatic rings. The van der Waals surface area contributed by atoms with Crippen LogP contribution in [0, 0.1) is 0 Å². The van der Waals surface area contributed by atoms with Gasteiger partial charge in [0, 0.05) is 12.2 Å². The highest BCUT2D eigenvalue weighted by molar-refractivity contribution is 7.99. The Bertz CT molecular complexity index is 1000. The van der Waals surface area contributed by atoms with E-state index in [-0.39, 0.29) is 11.7 Å². The molecule has 4 rings (SSSR count). The van der Waals surface area contributed by atoms with E-state index in [1.807, 2.05) is 54.6 Å². The van der Waals surface area contributed by atoms with E-state index in [4.69, 9.17) is 4.74 Å². The summed E-state index contributed by atoms with van der Waals surface area (Å²) in [6, 6.07) is 17.8. The summed E-state index contributed by atoms with van der Waals surface area (Å²) >= 11 is 1.41. The number of ether oxygens (including phenoxy) is 1. The molecule has 8 heteroatoms. The maximum absolute atomic E-state index is 12.4. The molecular formula is C23H27N5O2S. The van der Waals surface area contributed by atoms with Gasteiger partial charge in [-0.05, 0) is 55.8 Å². The van der Waals surface area contributed by atoms with E-state index in [0.717, 1.165) is 47.6 Å². The van der Waals surface area contributed by atoms with Crippen molar-refractivity contribution in [3.05, 3.63) is 66.0 Å². The predicted octanol–water partition coefficient (Wildman–Crippen LogP) is 3.28. The molecule has 0 aliphatic carbocycles. The van der Waals surface area contributed by atoms with Crippen LogP contribution in [0.2, 0.25) is 0 Å². The second kappa shape index (κ2) is 10.5. The predicted molar refractivity (Wildman–Crippen MR) is 121 cm³/mol. The molecule has 2 heterocycles. The number of likely N-dealkylation sites (tertiary alicyclic amines) is 1. The van der Waals surface area contributed by atoms with Gasteiger partial charge >= 0.3 is 0 Å². The molecule has 1 saturated heterocycles. The number of hydrogen-bond donors (Lipinski definition) is 1. The molecule has 0 unspecified atom stereocenters. The molecule has 0 atom stereocenters. The van der Waals surface area contributed by atoms with Gasteiger partial charge in [0.1, 0.15) is 5.75 Å². The lowest BCUT2D eigenvalue weighted by Gasteiger charge is -2.16. The van der Waals surface area contributed by atoms with Crippen LogP contribution in [0.3, 0.4) is 0 Å². The number of para-hydroxylation sites is 1. The molecule has 162 valence electrons. The quantitative estimate of drug-likeness (QED) is 0.518. The van der Waals surface area contributed by atoms with E-state index in [2.05, 4.69) is 25.0 Å². The highest BCUT2D eigenvalue weighted by atomic mass is 32.2. The van der Waals surface area contributed by atoms with Gasteiger partial charge in [-0.25, -0.2) is 0 Å². The first-order valence-electron chi connectivity index (χ1n) is 10.5. The van der Waals surface area contributed by atoms with E-state index < -0.39 is 0 Å². The number of carbonyl (C=O) groups excluding carboxylic acids is 1. The number of aromatic nitrogens is 3. The SMILES string of the molecule is COc1cccc(CNC(=O)CSc2nnc(CN3CCCC3)n2-c2ccccc2)c1. The molecule has 31 heavy (non-hydrogen) atoms. The largest absolute Gasteiger partial charge is 0.497 e. The molecule has 1 fully saturated rings. The minimum Gasteiger partial charge on any atom is -0.497 e. The number of amides is 1. The van der Waals surface area contributed by atoms with Crippen molar-refractivity contribution in [3.8, 4) is 11.4 Å². The number of benzene rings is 2. The van der Waals surface area contributed by atoms with Crippen molar-refractivity contribution in [2.24, 2.45) is 0 Å². The van der Waals surface area contributed by atoms with Crippen LogP contribution in [0.4, 0.5) is 0 Å². The van der Waals surface area contributed by atoms with Crippen LogP contribution in [0.25, 0.3) is 5.69 Å². The van der Waals surface area contributed by atoms with Crippen LogP contribution in [0.5, 0.6) is 5.75 Å². The number of rotatable bonds is 9. The first-order chi connectivity index (χ1) is 15.2. The first kappa shape index (κ1) is 21.4. The Hall–Kier alpha value is -2.84. The highest BCUT2D eigenvalue weighted by Crippen LogP contribution is 2.23. The normalized spacial score (nSPS) is 14.0. The number of hydrogen-bond acceptors (Lipinski definition) is 6. The molecule has 0 spiro atoms. The third kappa shape index (κ3) is 5.65. The second-order valence-corrected chi connectivity index (χ2v) is 8.41. The summed E-state index contributed by atoms with van der Waals surface area (Å²) in [5.74, 6) is 1.92. The van der Waals surface area contributed by atoms with Crippen LogP contribution in [0.1, 0.15) is 24.2 Å². The van der Waals surface area contributed by atoms with Crippen molar-refractivity contribution < 1.29 is 9.53 Å². The van der Waals surface area contributed by atoms with Crippen LogP contribution in [0.15, 0.2) is 59.8 Å². The molecule has 0 radical (unpaired) electrons. The van der Waals surface area contributed by atoms with Crippen LogP contribution >= 0.6 is 11.8 Å². The summed E-state index contributed by atoms with van der Waals surface area (Å²) in [6.45, 7) is 3.42. The van der Waals surface area contributed by atoms with Crippen molar-refractivity contribution in [2.75, 3.05) is 26.0 Å². The third-order valence-corrected chi connectivity index (χ3v) is 6.16. The molecule has 7 nitrogen and oxygen atoms in total. The van der Waals surface area contributed by atoms with E-state index in [9.17, 15) is 4.79 Å². The molecule has 1 aliphatic heterocycles. The molecule has 1 aromatic heterocycles. The van der Waals surface area contributed by atoms with Gasteiger partial charge in [0.05, 0.1) is 19.4 Å². The number of carbonyl (C=O) groups is 1. The van der Waals surface area contributed by atoms with Crippen molar-refractivity contribution in [2.45, 2.75) is 31.1 Å². The fourth-order valence-corrected chi connectivity index (χ4v) is 4.44. The number of nitrogens with one attached hydrogen (secondary N) is 1. The zero-order chi connectivity index (χ0) is 21.5. The van der Waals surface area contributed by atoms with E-state index in [1.165, 1.54) is 24.6 Å². The average molecular weight is 438 g/mol. The maximum atomic E-state index is 12.4. The maximum Gasteiger partial charge on any atom is 0.230 e. The van der Waals surface area contributed by atoms with E-state index in [0.29, 0.717) is 6.54 Å². The number of thioether (sulfide) groups is 1. The molecule has 2 aromatic carbocycles. The molecule has 1 amide bonds. The Morgan fingerprint density at radius 1 is 1.10 bits per heavy atom. The number of methoxy groups -OCH3 is 1. The van der Waals surface area contributed by atoms with Gasteiger partial charge in [0.25, 0.3) is 0 Å². The summed E-state index contributed by atoms with van der Waals surface area (Å²) in [6.07, 6.45) is 2.46. The van der Waals surface area contributed by atoms with Crippen molar-refractivity contribution in [3.63, 3.8) is 0 Å². The summed E-state index contributed by atoms with van der Waals surface area (Å²) in [5.41, 5.74) is 2.01. The van der Waals surface area contributed by atoms with Gasteiger partial charge in [-0.1, -0.05) is 42.1 Å². The average Bonchev–Trinajstić information content (AvgIpc) is 3.47. The Morgan fingerprint density at radius 3 is 2.68 bits per heavy atom. The van der Waals surface area contributed by atoms with Crippen molar-refractivity contribution >= 4 is 17.7 Å². The van der Waals surface area contributed by atoms with Crippen LogP contribution in [-0.2, 0) is 17.9 Å². The van der Waals surface area contributed by atoms with Crippen LogP contribution < -0.4 is 10.1 Å². The lowest BCUT2D eigenvalue weighted by Crippen LogP contribution is -2.24. The Kier molecular flexibility index (Phi) is 7.22. The Balaban J connectivity index is 1.41. The van der Waals surface area contributed by atoms with Crippen molar-refractivity contribution in [1.29, 1.82) is 0 Å². The molecular weight excluding hydrogens is 410 g/mol. The standard InChI is InChI=1S/C23H27N5O2S/c1-30-20-11-7-8-18(14-20)15-24-22(29)17-31-23-26-25-21(16-27-12-5-6-13-27)28(23)19-9-3-2-4-10-19/h2-4,7-11,14H,5-6,12-13,15-17H2,1H3,(H,24,29). The van der Waals surface area contributed by atoms with Gasteiger partial charge in [0.2, 0.25) is 5.91 Å². The Labute approximate surface area is 186 Å². The minimum absolute atomic E-state index is 0.0449. The summed E-state index contributed by atoms with van der Waals surface area (Å²) < 4.78 is 7.30. The Morgan fingerprint density at radius 2 is 1.90 bits per heavy atom. The van der Waals surface area contributed by atoms with Gasteiger partial charge in [-0.15, -0.1) is 10.2 Å². The fourth-order valence-electron chi connectivity index (χ4n) is 3.64. The number of nitrogens with zero attached hydrogens (tertiary/aromatic N) is 4. The van der Waals surface area contributed by atoms with E-state index >= 15 is 0 Å². The third-order valence-electron chi connectivity index (χ3n) is 5.23. The minimum atomic E-state index is -0.0449. The van der Waals surface area contributed by atoms with E-state index in [1.54, 1.807) is 7.11 Å². The van der Waals surface area contributed by atoms with Gasteiger partial charge in [0.15, 0.2) is 11.0 Å². The molecule has 0 bridgehead atoms. The van der Waals surface area contributed by atoms with Crippen LogP contribution in [-0.4, -0.2) is 51.5 Å². The zero-order valence-corrected chi connectivity index (χ0v) is 18.5.